The van der Waals surface area contributed by atoms with Crippen molar-refractivity contribution in [1.29, 1.82) is 5.26 Å². The van der Waals surface area contributed by atoms with Crippen molar-refractivity contribution in [2.24, 2.45) is 0 Å². The maximum Gasteiger partial charge on any atom is 0.142 e. The third kappa shape index (κ3) is 4.01. The first-order valence-electron chi connectivity index (χ1n) is 6.60. The summed E-state index contributed by atoms with van der Waals surface area (Å²) in [6.07, 6.45) is 8.45. The number of nitrogens with zero attached hydrogens (tertiary/aromatic N) is 2. The van der Waals surface area contributed by atoms with Crippen LogP contribution in [0.25, 0.3) is 0 Å². The van der Waals surface area contributed by atoms with Gasteiger partial charge >= 0.3 is 0 Å². The monoisotopic (exact) mass is 245 g/mol. The highest BCUT2D eigenvalue weighted by Crippen LogP contribution is 2.20. The first-order chi connectivity index (χ1) is 8.88. The summed E-state index contributed by atoms with van der Waals surface area (Å²) in [4.78, 5) is 3.93. The fraction of sp³-hybridized carbons (Fsp3) is 0.571. The third-order valence-corrected chi connectivity index (χ3v) is 3.21. The Balaban J connectivity index is 1.67. The zero-order valence-electron chi connectivity index (χ0n) is 10.6. The summed E-state index contributed by atoms with van der Waals surface area (Å²) in [6.45, 7) is 1.49. The van der Waals surface area contributed by atoms with Crippen LogP contribution in [-0.4, -0.2) is 24.2 Å². The van der Waals surface area contributed by atoms with Crippen molar-refractivity contribution in [3.8, 4) is 6.07 Å². The molecule has 1 aliphatic carbocycles. The minimum Gasteiger partial charge on any atom is -0.383 e. The van der Waals surface area contributed by atoms with E-state index in [4.69, 9.17) is 10.00 Å². The number of anilines is 1. The number of nitriles is 1. The summed E-state index contributed by atoms with van der Waals surface area (Å²) in [5, 5.41) is 12.0. The van der Waals surface area contributed by atoms with Crippen LogP contribution in [0.5, 0.6) is 0 Å². The van der Waals surface area contributed by atoms with Gasteiger partial charge in [0, 0.05) is 18.4 Å². The lowest BCUT2D eigenvalue weighted by Gasteiger charge is -2.22. The van der Waals surface area contributed by atoms with Gasteiger partial charge in [-0.15, -0.1) is 0 Å². The molecule has 0 unspecified atom stereocenters. The third-order valence-electron chi connectivity index (χ3n) is 3.21. The van der Waals surface area contributed by atoms with Crippen molar-refractivity contribution < 1.29 is 4.74 Å². The molecule has 1 N–H and O–H groups in total. The Hall–Kier alpha value is -1.60. The number of aromatic nitrogens is 1. The molecule has 0 atom stereocenters. The van der Waals surface area contributed by atoms with E-state index in [1.165, 1.54) is 32.1 Å². The highest BCUT2D eigenvalue weighted by molar-refractivity contribution is 5.45. The normalized spacial score (nSPS) is 16.2. The van der Waals surface area contributed by atoms with E-state index in [1.54, 1.807) is 12.3 Å². The van der Waals surface area contributed by atoms with Gasteiger partial charge in [0.1, 0.15) is 11.8 Å². The topological polar surface area (TPSA) is 57.9 Å². The van der Waals surface area contributed by atoms with E-state index in [0.717, 1.165) is 18.8 Å². The maximum atomic E-state index is 8.74. The van der Waals surface area contributed by atoms with Crippen LogP contribution in [0.15, 0.2) is 18.3 Å². The molecule has 0 aromatic carbocycles. The lowest BCUT2D eigenvalue weighted by molar-refractivity contribution is 0.0347. The van der Waals surface area contributed by atoms with Crippen LogP contribution >= 0.6 is 0 Å². The highest BCUT2D eigenvalue weighted by Gasteiger charge is 2.12. The van der Waals surface area contributed by atoms with Gasteiger partial charge < -0.3 is 10.1 Å². The molecular formula is C14H19N3O. The minimum atomic E-state index is 0.438. The molecule has 0 radical (unpaired) electrons. The van der Waals surface area contributed by atoms with Crippen LogP contribution in [0.1, 0.15) is 37.8 Å². The largest absolute Gasteiger partial charge is 0.383 e. The van der Waals surface area contributed by atoms with Gasteiger partial charge in [0.25, 0.3) is 0 Å². The van der Waals surface area contributed by atoms with Gasteiger partial charge in [-0.05, 0) is 25.0 Å². The van der Waals surface area contributed by atoms with Crippen molar-refractivity contribution in [3.63, 3.8) is 0 Å². The SMILES string of the molecule is N#Cc1cc(NCCOC2CCCCC2)ccn1. The van der Waals surface area contributed by atoms with E-state index in [-0.39, 0.29) is 0 Å². The van der Waals surface area contributed by atoms with Crippen LogP contribution in [-0.2, 0) is 4.74 Å². The summed E-state index contributed by atoms with van der Waals surface area (Å²) in [6, 6.07) is 5.64. The fourth-order valence-electron chi connectivity index (χ4n) is 2.25. The van der Waals surface area contributed by atoms with Gasteiger partial charge in [-0.25, -0.2) is 4.98 Å². The van der Waals surface area contributed by atoms with Crippen molar-refractivity contribution in [1.82, 2.24) is 4.98 Å². The number of pyridine rings is 1. The molecule has 1 aromatic rings. The van der Waals surface area contributed by atoms with Crippen LogP contribution in [0.4, 0.5) is 5.69 Å². The minimum absolute atomic E-state index is 0.438. The molecule has 0 aliphatic heterocycles. The van der Waals surface area contributed by atoms with Crippen molar-refractivity contribution in [2.45, 2.75) is 38.2 Å². The zero-order chi connectivity index (χ0) is 12.6. The maximum absolute atomic E-state index is 8.74. The second kappa shape index (κ2) is 6.97. The first-order valence-corrected chi connectivity index (χ1v) is 6.60. The second-order valence-electron chi connectivity index (χ2n) is 4.60. The average Bonchev–Trinajstić information content (AvgIpc) is 2.45. The van der Waals surface area contributed by atoms with E-state index in [0.29, 0.717) is 11.8 Å². The molecule has 0 spiro atoms. The van der Waals surface area contributed by atoms with Crippen molar-refractivity contribution >= 4 is 5.69 Å². The zero-order valence-corrected chi connectivity index (χ0v) is 10.6. The standard InChI is InChI=1S/C14H19N3O/c15-11-13-10-12(6-7-16-13)17-8-9-18-14-4-2-1-3-5-14/h6-7,10,14H,1-5,8-9H2,(H,16,17). The van der Waals surface area contributed by atoms with E-state index in [9.17, 15) is 0 Å². The Kier molecular flexibility index (Phi) is 4.98. The Morgan fingerprint density at radius 1 is 1.39 bits per heavy atom. The van der Waals surface area contributed by atoms with Crippen LogP contribution < -0.4 is 5.32 Å². The fourth-order valence-corrected chi connectivity index (χ4v) is 2.25. The number of hydrogen-bond donors (Lipinski definition) is 1. The van der Waals surface area contributed by atoms with Gasteiger partial charge in [0.15, 0.2) is 0 Å². The molecule has 4 nitrogen and oxygen atoms in total. The predicted octanol–water partition coefficient (Wildman–Crippen LogP) is 2.71. The molecule has 0 amide bonds. The summed E-state index contributed by atoms with van der Waals surface area (Å²) in [5.41, 5.74) is 1.36. The van der Waals surface area contributed by atoms with E-state index >= 15 is 0 Å². The second-order valence-corrected chi connectivity index (χ2v) is 4.60. The highest BCUT2D eigenvalue weighted by atomic mass is 16.5. The molecule has 96 valence electrons. The van der Waals surface area contributed by atoms with E-state index in [2.05, 4.69) is 10.3 Å². The molecule has 4 heteroatoms. The van der Waals surface area contributed by atoms with E-state index < -0.39 is 0 Å². The van der Waals surface area contributed by atoms with Gasteiger partial charge in [-0.3, -0.25) is 0 Å². The summed E-state index contributed by atoms with van der Waals surface area (Å²) >= 11 is 0. The molecule has 1 aliphatic rings. The number of rotatable bonds is 5. The molecule has 1 fully saturated rings. The first kappa shape index (κ1) is 12.8. The Labute approximate surface area is 108 Å². The van der Waals surface area contributed by atoms with Crippen LogP contribution in [0, 0.1) is 11.3 Å². The van der Waals surface area contributed by atoms with Crippen LogP contribution in [0.2, 0.25) is 0 Å². The Morgan fingerprint density at radius 3 is 3.00 bits per heavy atom. The smallest absolute Gasteiger partial charge is 0.142 e. The van der Waals surface area contributed by atoms with Gasteiger partial charge in [0.05, 0.1) is 12.7 Å². The number of ether oxygens (including phenoxy) is 1. The number of nitrogens with one attached hydrogen (secondary N) is 1. The summed E-state index contributed by atoms with van der Waals surface area (Å²) < 4.78 is 5.82. The lowest BCUT2D eigenvalue weighted by atomic mass is 9.98. The summed E-state index contributed by atoms with van der Waals surface area (Å²) in [7, 11) is 0. The average molecular weight is 245 g/mol. The molecule has 1 saturated carbocycles. The molecule has 0 bridgehead atoms. The Morgan fingerprint density at radius 2 is 2.22 bits per heavy atom. The molecule has 18 heavy (non-hydrogen) atoms. The van der Waals surface area contributed by atoms with Crippen molar-refractivity contribution in [3.05, 3.63) is 24.0 Å². The molecule has 1 heterocycles. The number of hydrogen-bond acceptors (Lipinski definition) is 4. The van der Waals surface area contributed by atoms with Crippen LogP contribution in [0.3, 0.4) is 0 Å². The summed E-state index contributed by atoms with van der Waals surface area (Å²) in [5.74, 6) is 0. The van der Waals surface area contributed by atoms with Crippen molar-refractivity contribution in [2.75, 3.05) is 18.5 Å². The van der Waals surface area contributed by atoms with E-state index in [1.807, 2.05) is 12.1 Å². The quantitative estimate of drug-likeness (QED) is 0.810. The Bertz CT molecular complexity index is 408. The van der Waals surface area contributed by atoms with Gasteiger partial charge in [-0.1, -0.05) is 19.3 Å². The molecule has 1 aromatic heterocycles. The molecule has 2 rings (SSSR count). The predicted molar refractivity (Wildman–Crippen MR) is 70.3 cm³/mol. The molecule has 0 saturated heterocycles. The lowest BCUT2D eigenvalue weighted by Crippen LogP contribution is -2.20. The van der Waals surface area contributed by atoms with Gasteiger partial charge in [0.2, 0.25) is 0 Å². The van der Waals surface area contributed by atoms with Gasteiger partial charge in [-0.2, -0.15) is 5.26 Å². The molecular weight excluding hydrogens is 226 g/mol.